The van der Waals surface area contributed by atoms with Gasteiger partial charge < -0.3 is 19.9 Å². The largest absolute Gasteiger partial charge is 0.492 e. The smallest absolute Gasteiger partial charge is 0.247 e. The number of ether oxygens (including phenoxy) is 1. The van der Waals surface area contributed by atoms with Gasteiger partial charge in [-0.25, -0.2) is 9.97 Å². The number of nitrogens with one attached hydrogen (secondary N) is 1. The fourth-order valence-electron chi connectivity index (χ4n) is 2.73. The van der Waals surface area contributed by atoms with Crippen molar-refractivity contribution in [2.24, 2.45) is 0 Å². The first-order valence-electron chi connectivity index (χ1n) is 7.43. The van der Waals surface area contributed by atoms with Gasteiger partial charge in [0.25, 0.3) is 0 Å². The van der Waals surface area contributed by atoms with E-state index in [9.17, 15) is 4.79 Å². The third-order valence-corrected chi connectivity index (χ3v) is 3.78. The van der Waals surface area contributed by atoms with E-state index in [0.717, 1.165) is 11.1 Å². The maximum Gasteiger partial charge on any atom is 0.247 e. The lowest BCUT2D eigenvalue weighted by atomic mass is 9.98. The first-order chi connectivity index (χ1) is 11.7. The molecule has 120 valence electrons. The first kappa shape index (κ1) is 14.3. The van der Waals surface area contributed by atoms with E-state index in [4.69, 9.17) is 14.9 Å². The van der Waals surface area contributed by atoms with Crippen LogP contribution in [0.25, 0.3) is 22.6 Å². The van der Waals surface area contributed by atoms with Crippen LogP contribution in [0.15, 0.2) is 58.3 Å². The summed E-state index contributed by atoms with van der Waals surface area (Å²) in [5.74, 6) is 0.706. The zero-order valence-electron chi connectivity index (χ0n) is 12.6. The van der Waals surface area contributed by atoms with Crippen molar-refractivity contribution < 1.29 is 9.15 Å². The van der Waals surface area contributed by atoms with Crippen LogP contribution in [-0.2, 0) is 4.74 Å². The van der Waals surface area contributed by atoms with Crippen LogP contribution in [0.3, 0.4) is 0 Å². The molecule has 3 N–H and O–H groups in total. The fraction of sp³-hybridized carbons (Fsp3) is 0.118. The van der Waals surface area contributed by atoms with Crippen molar-refractivity contribution >= 4 is 5.95 Å². The molecule has 0 aromatic carbocycles. The van der Waals surface area contributed by atoms with Gasteiger partial charge in [-0.1, -0.05) is 0 Å². The quantitative estimate of drug-likeness (QED) is 0.767. The van der Waals surface area contributed by atoms with Gasteiger partial charge in [0.1, 0.15) is 11.8 Å². The van der Waals surface area contributed by atoms with Crippen LogP contribution < -0.4 is 11.3 Å². The van der Waals surface area contributed by atoms with Gasteiger partial charge in [-0.15, -0.1) is 0 Å². The summed E-state index contributed by atoms with van der Waals surface area (Å²) in [6.07, 6.45) is 7.18. The zero-order chi connectivity index (χ0) is 16.5. The SMILES string of the molecule is Nc1nc(-c2ccco2)c(-c2ccc(=O)[nH]c2)c(C2CC=CO2)n1. The van der Waals surface area contributed by atoms with E-state index in [1.807, 2.05) is 6.08 Å². The minimum atomic E-state index is -0.258. The van der Waals surface area contributed by atoms with Crippen molar-refractivity contribution in [1.29, 1.82) is 0 Å². The van der Waals surface area contributed by atoms with Gasteiger partial charge in [0.15, 0.2) is 5.76 Å². The monoisotopic (exact) mass is 322 g/mol. The Morgan fingerprint density at radius 3 is 2.83 bits per heavy atom. The standard InChI is InChI=1S/C17H14N4O3/c18-17-20-15(11-3-1-7-23-11)14(10-5-6-13(22)19-9-10)16(21-17)12-4-2-8-24-12/h1-3,5-9,12H,4H2,(H,19,22)(H2,18,20,21). The molecule has 0 fully saturated rings. The number of aromatic amines is 1. The Labute approximate surface area is 136 Å². The number of aromatic nitrogens is 3. The zero-order valence-corrected chi connectivity index (χ0v) is 12.6. The van der Waals surface area contributed by atoms with Crippen LogP contribution in [0.5, 0.6) is 0 Å². The second-order valence-electron chi connectivity index (χ2n) is 5.34. The highest BCUT2D eigenvalue weighted by Gasteiger charge is 2.26. The Morgan fingerprint density at radius 2 is 2.17 bits per heavy atom. The number of nitrogens with two attached hydrogens (primary N) is 1. The van der Waals surface area contributed by atoms with E-state index in [1.165, 1.54) is 6.07 Å². The maximum atomic E-state index is 11.4. The molecular weight excluding hydrogens is 308 g/mol. The lowest BCUT2D eigenvalue weighted by Crippen LogP contribution is -2.10. The molecule has 7 nitrogen and oxygen atoms in total. The molecule has 0 aliphatic carbocycles. The Morgan fingerprint density at radius 1 is 1.25 bits per heavy atom. The van der Waals surface area contributed by atoms with Crippen LogP contribution >= 0.6 is 0 Å². The molecule has 4 heterocycles. The Hall–Kier alpha value is -3.35. The highest BCUT2D eigenvalue weighted by molar-refractivity contribution is 5.81. The summed E-state index contributed by atoms with van der Waals surface area (Å²) in [5.41, 5.74) is 8.42. The van der Waals surface area contributed by atoms with E-state index >= 15 is 0 Å². The Bertz CT molecular complexity index is 932. The van der Waals surface area contributed by atoms with Crippen LogP contribution in [-0.4, -0.2) is 15.0 Å². The van der Waals surface area contributed by atoms with Crippen LogP contribution in [0, 0.1) is 0 Å². The van der Waals surface area contributed by atoms with Gasteiger partial charge in [-0.2, -0.15) is 0 Å². The number of hydrogen-bond donors (Lipinski definition) is 2. The summed E-state index contributed by atoms with van der Waals surface area (Å²) >= 11 is 0. The molecule has 1 aliphatic rings. The van der Waals surface area contributed by atoms with E-state index in [0.29, 0.717) is 23.6 Å². The Balaban J connectivity index is 1.99. The molecule has 0 radical (unpaired) electrons. The lowest BCUT2D eigenvalue weighted by molar-refractivity contribution is 0.169. The molecule has 3 aromatic rings. The summed E-state index contributed by atoms with van der Waals surface area (Å²) in [4.78, 5) is 22.8. The molecule has 0 bridgehead atoms. The van der Waals surface area contributed by atoms with Crippen LogP contribution in [0.2, 0.25) is 0 Å². The van der Waals surface area contributed by atoms with Crippen molar-refractivity contribution in [3.8, 4) is 22.6 Å². The van der Waals surface area contributed by atoms with Crippen molar-refractivity contribution in [2.45, 2.75) is 12.5 Å². The predicted molar refractivity (Wildman–Crippen MR) is 87.8 cm³/mol. The molecule has 0 saturated carbocycles. The first-order valence-corrected chi connectivity index (χ1v) is 7.43. The molecule has 7 heteroatoms. The minimum Gasteiger partial charge on any atom is -0.492 e. The van der Waals surface area contributed by atoms with Gasteiger partial charge in [-0.3, -0.25) is 4.79 Å². The van der Waals surface area contributed by atoms with Gasteiger partial charge in [0, 0.05) is 29.8 Å². The molecule has 1 aliphatic heterocycles. The molecule has 1 unspecified atom stereocenters. The van der Waals surface area contributed by atoms with Crippen LogP contribution in [0.4, 0.5) is 5.95 Å². The highest BCUT2D eigenvalue weighted by Crippen LogP contribution is 2.39. The third kappa shape index (κ3) is 2.45. The van der Waals surface area contributed by atoms with E-state index in [2.05, 4.69) is 15.0 Å². The number of nitrogen functional groups attached to an aromatic ring is 1. The van der Waals surface area contributed by atoms with Crippen LogP contribution in [0.1, 0.15) is 18.2 Å². The maximum absolute atomic E-state index is 11.4. The highest BCUT2D eigenvalue weighted by atomic mass is 16.5. The van der Waals surface area contributed by atoms with Crippen molar-refractivity contribution in [2.75, 3.05) is 5.73 Å². The molecule has 0 amide bonds. The van der Waals surface area contributed by atoms with E-state index in [1.54, 1.807) is 36.9 Å². The molecule has 0 spiro atoms. The number of hydrogen-bond acceptors (Lipinski definition) is 6. The van der Waals surface area contributed by atoms with Gasteiger partial charge in [0.05, 0.1) is 18.2 Å². The summed E-state index contributed by atoms with van der Waals surface area (Å²) in [6, 6.07) is 6.74. The number of anilines is 1. The topological polar surface area (TPSA) is 107 Å². The molecule has 3 aromatic heterocycles. The van der Waals surface area contributed by atoms with Gasteiger partial charge in [-0.05, 0) is 24.3 Å². The number of rotatable bonds is 3. The second kappa shape index (κ2) is 5.69. The van der Waals surface area contributed by atoms with Gasteiger partial charge in [0.2, 0.25) is 11.5 Å². The lowest BCUT2D eigenvalue weighted by Gasteiger charge is -2.17. The van der Waals surface area contributed by atoms with Crippen molar-refractivity contribution in [1.82, 2.24) is 15.0 Å². The average molecular weight is 322 g/mol. The summed E-state index contributed by atoms with van der Waals surface area (Å²) in [7, 11) is 0. The molecule has 0 saturated heterocycles. The van der Waals surface area contributed by atoms with E-state index in [-0.39, 0.29) is 17.6 Å². The molecular formula is C17H14N4O3. The normalized spacial score (nSPS) is 16.2. The van der Waals surface area contributed by atoms with Crippen molar-refractivity contribution in [3.63, 3.8) is 0 Å². The number of furan rings is 1. The number of H-pyrrole nitrogens is 1. The minimum absolute atomic E-state index is 0.139. The summed E-state index contributed by atoms with van der Waals surface area (Å²) < 4.78 is 11.1. The average Bonchev–Trinajstić information content (AvgIpc) is 3.29. The Kier molecular flexibility index (Phi) is 3.38. The molecule has 24 heavy (non-hydrogen) atoms. The van der Waals surface area contributed by atoms with Crippen molar-refractivity contribution in [3.05, 3.63) is 65.1 Å². The molecule has 4 rings (SSSR count). The molecule has 1 atom stereocenters. The number of pyridine rings is 1. The second-order valence-corrected chi connectivity index (χ2v) is 5.34. The summed E-state index contributed by atoms with van der Waals surface area (Å²) in [5, 5.41) is 0. The third-order valence-electron chi connectivity index (χ3n) is 3.78. The van der Waals surface area contributed by atoms with E-state index < -0.39 is 0 Å². The summed E-state index contributed by atoms with van der Waals surface area (Å²) in [6.45, 7) is 0. The predicted octanol–water partition coefficient (Wildman–Crippen LogP) is 2.65. The fourth-order valence-corrected chi connectivity index (χ4v) is 2.73. The number of nitrogens with zero attached hydrogens (tertiary/aromatic N) is 2. The van der Waals surface area contributed by atoms with Gasteiger partial charge >= 0.3 is 0 Å².